The van der Waals surface area contributed by atoms with Gasteiger partial charge in [-0.1, -0.05) is 29.8 Å². The van der Waals surface area contributed by atoms with Gasteiger partial charge in [-0.05, 0) is 18.2 Å². The van der Waals surface area contributed by atoms with Crippen LogP contribution >= 0.6 is 11.6 Å². The van der Waals surface area contributed by atoms with Gasteiger partial charge in [0.1, 0.15) is 6.54 Å². The van der Waals surface area contributed by atoms with E-state index < -0.39 is 27.4 Å². The molecule has 0 heterocycles. The maximum absolute atomic E-state index is 12.8. The average Bonchev–Trinajstić information content (AvgIpc) is 2.53. The molecule has 0 atom stereocenters. The zero-order valence-electron chi connectivity index (χ0n) is 12.1. The van der Waals surface area contributed by atoms with Crippen LogP contribution in [0.5, 0.6) is 0 Å². The lowest BCUT2D eigenvalue weighted by Crippen LogP contribution is -2.38. The van der Waals surface area contributed by atoms with Crippen molar-refractivity contribution in [2.45, 2.75) is 4.90 Å². The van der Waals surface area contributed by atoms with Gasteiger partial charge in [0, 0.05) is 12.1 Å². The van der Waals surface area contributed by atoms with E-state index in [1.807, 2.05) is 0 Å². The average molecular weight is 370 g/mol. The van der Waals surface area contributed by atoms with Gasteiger partial charge in [-0.25, -0.2) is 8.42 Å². The Morgan fingerprint density at radius 3 is 2.38 bits per heavy atom. The molecule has 0 aliphatic rings. The first-order valence-electron chi connectivity index (χ1n) is 6.53. The molecule has 0 aromatic heterocycles. The highest BCUT2D eigenvalue weighted by atomic mass is 35.5. The summed E-state index contributed by atoms with van der Waals surface area (Å²) in [6.45, 7) is -0.710. The lowest BCUT2D eigenvalue weighted by atomic mass is 10.3. The predicted molar refractivity (Wildman–Crippen MR) is 88.3 cm³/mol. The lowest BCUT2D eigenvalue weighted by molar-refractivity contribution is -0.384. The second-order valence-electron chi connectivity index (χ2n) is 4.68. The summed E-state index contributed by atoms with van der Waals surface area (Å²) >= 11 is 5.99. The van der Waals surface area contributed by atoms with Crippen LogP contribution in [-0.4, -0.2) is 25.8 Å². The Hall–Kier alpha value is -2.65. The molecule has 0 aliphatic heterocycles. The van der Waals surface area contributed by atoms with Gasteiger partial charge >= 0.3 is 0 Å². The number of anilines is 1. The molecule has 0 aliphatic carbocycles. The first kappa shape index (κ1) is 17.7. The highest BCUT2D eigenvalue weighted by molar-refractivity contribution is 7.92. The second-order valence-corrected chi connectivity index (χ2v) is 6.95. The Morgan fingerprint density at radius 1 is 1.21 bits per heavy atom. The van der Waals surface area contributed by atoms with Crippen molar-refractivity contribution in [1.29, 1.82) is 0 Å². The van der Waals surface area contributed by atoms with Crippen molar-refractivity contribution < 1.29 is 18.1 Å². The largest absolute Gasteiger partial charge is 0.368 e. The van der Waals surface area contributed by atoms with Crippen molar-refractivity contribution in [3.05, 3.63) is 63.7 Å². The fourth-order valence-electron chi connectivity index (χ4n) is 1.97. The Balaban J connectivity index is 2.64. The van der Waals surface area contributed by atoms with Crippen LogP contribution in [0, 0.1) is 10.1 Å². The van der Waals surface area contributed by atoms with Crippen LogP contribution in [0.3, 0.4) is 0 Å². The number of nitro benzene ring substituents is 1. The lowest BCUT2D eigenvalue weighted by Gasteiger charge is -2.23. The van der Waals surface area contributed by atoms with Crippen LogP contribution in [0.15, 0.2) is 53.4 Å². The number of amides is 1. The van der Waals surface area contributed by atoms with Crippen LogP contribution in [0.1, 0.15) is 0 Å². The minimum Gasteiger partial charge on any atom is -0.368 e. The molecule has 2 N–H and O–H groups in total. The standard InChI is InChI=1S/C14H12ClN3O5S/c15-12-7-6-10(18(20)21)8-13(12)17(9-14(16)19)24(22,23)11-4-2-1-3-5-11/h1-8H,9H2,(H2,16,19). The van der Waals surface area contributed by atoms with E-state index in [2.05, 4.69) is 0 Å². The van der Waals surface area contributed by atoms with E-state index in [0.717, 1.165) is 12.1 Å². The quantitative estimate of drug-likeness (QED) is 0.615. The third-order valence-corrected chi connectivity index (χ3v) is 5.13. The number of nitrogens with zero attached hydrogens (tertiary/aromatic N) is 2. The van der Waals surface area contributed by atoms with Gasteiger partial charge in [-0.15, -0.1) is 0 Å². The van der Waals surface area contributed by atoms with Crippen molar-refractivity contribution in [2.24, 2.45) is 5.73 Å². The molecule has 1 amide bonds. The molecule has 0 spiro atoms. The van der Waals surface area contributed by atoms with Crippen LogP contribution in [0.4, 0.5) is 11.4 Å². The van der Waals surface area contributed by atoms with Gasteiger partial charge in [0.15, 0.2) is 0 Å². The molecule has 0 unspecified atom stereocenters. The first-order chi connectivity index (χ1) is 11.2. The number of hydrogen-bond donors (Lipinski definition) is 1. The van der Waals surface area contributed by atoms with Gasteiger partial charge in [0.2, 0.25) is 5.91 Å². The fourth-order valence-corrected chi connectivity index (χ4v) is 3.70. The van der Waals surface area contributed by atoms with Crippen molar-refractivity contribution in [3.63, 3.8) is 0 Å². The van der Waals surface area contributed by atoms with Gasteiger partial charge in [0.05, 0.1) is 20.5 Å². The van der Waals surface area contributed by atoms with Crippen LogP contribution in [-0.2, 0) is 14.8 Å². The van der Waals surface area contributed by atoms with E-state index >= 15 is 0 Å². The molecule has 24 heavy (non-hydrogen) atoms. The molecule has 0 radical (unpaired) electrons. The summed E-state index contributed by atoms with van der Waals surface area (Å²) in [6.07, 6.45) is 0. The Kier molecular flexibility index (Phi) is 5.05. The molecule has 126 valence electrons. The SMILES string of the molecule is NC(=O)CN(c1cc([N+](=O)[O-])ccc1Cl)S(=O)(=O)c1ccccc1. The van der Waals surface area contributed by atoms with Crippen molar-refractivity contribution in [3.8, 4) is 0 Å². The minimum absolute atomic E-state index is 0.0682. The summed E-state index contributed by atoms with van der Waals surface area (Å²) in [5, 5.41) is 10.9. The zero-order chi connectivity index (χ0) is 17.9. The fraction of sp³-hybridized carbons (Fsp3) is 0.0714. The molecule has 0 saturated heterocycles. The monoisotopic (exact) mass is 369 g/mol. The highest BCUT2D eigenvalue weighted by Gasteiger charge is 2.29. The summed E-state index contributed by atoms with van der Waals surface area (Å²) in [5.74, 6) is -0.933. The smallest absolute Gasteiger partial charge is 0.271 e. The molecule has 0 bridgehead atoms. The number of carbonyl (C=O) groups excluding carboxylic acids is 1. The number of sulfonamides is 1. The summed E-state index contributed by atoms with van der Waals surface area (Å²) < 4.78 is 26.2. The number of carbonyl (C=O) groups is 1. The molecule has 2 aromatic rings. The Bertz CT molecular complexity index is 887. The minimum atomic E-state index is -4.19. The second kappa shape index (κ2) is 6.85. The van der Waals surface area contributed by atoms with E-state index in [-0.39, 0.29) is 21.3 Å². The topological polar surface area (TPSA) is 124 Å². The van der Waals surface area contributed by atoms with Gasteiger partial charge in [0.25, 0.3) is 15.7 Å². The predicted octanol–water partition coefficient (Wildman–Crippen LogP) is 1.93. The number of rotatable bonds is 6. The normalized spacial score (nSPS) is 11.0. The molecule has 2 aromatic carbocycles. The number of hydrogen-bond acceptors (Lipinski definition) is 5. The number of halogens is 1. The third-order valence-electron chi connectivity index (χ3n) is 3.04. The van der Waals surface area contributed by atoms with Crippen LogP contribution in [0.2, 0.25) is 5.02 Å². The Morgan fingerprint density at radius 2 is 1.83 bits per heavy atom. The third kappa shape index (κ3) is 3.63. The van der Waals surface area contributed by atoms with Gasteiger partial charge in [-0.3, -0.25) is 19.2 Å². The maximum Gasteiger partial charge on any atom is 0.271 e. The van der Waals surface area contributed by atoms with E-state index in [9.17, 15) is 23.3 Å². The van der Waals surface area contributed by atoms with E-state index in [0.29, 0.717) is 4.31 Å². The van der Waals surface area contributed by atoms with Crippen molar-refractivity contribution in [2.75, 3.05) is 10.8 Å². The molecule has 0 saturated carbocycles. The van der Waals surface area contributed by atoms with Crippen molar-refractivity contribution in [1.82, 2.24) is 0 Å². The van der Waals surface area contributed by atoms with E-state index in [4.69, 9.17) is 17.3 Å². The number of nitrogens with two attached hydrogens (primary N) is 1. The van der Waals surface area contributed by atoms with Gasteiger partial charge < -0.3 is 5.73 Å². The van der Waals surface area contributed by atoms with Crippen LogP contribution in [0.25, 0.3) is 0 Å². The maximum atomic E-state index is 12.8. The summed E-state index contributed by atoms with van der Waals surface area (Å²) in [4.78, 5) is 21.5. The molecule has 0 fully saturated rings. The number of nitro groups is 1. The molecule has 8 nitrogen and oxygen atoms in total. The van der Waals surface area contributed by atoms with Crippen LogP contribution < -0.4 is 10.0 Å². The summed E-state index contributed by atoms with van der Waals surface area (Å²) in [6, 6.07) is 10.6. The van der Waals surface area contributed by atoms with E-state index in [1.165, 1.54) is 30.3 Å². The molecular weight excluding hydrogens is 358 g/mol. The Labute approximate surface area is 142 Å². The molecule has 10 heteroatoms. The number of non-ortho nitro benzene ring substituents is 1. The highest BCUT2D eigenvalue weighted by Crippen LogP contribution is 2.33. The summed E-state index contributed by atoms with van der Waals surface area (Å²) in [7, 11) is -4.19. The molecular formula is C14H12ClN3O5S. The zero-order valence-corrected chi connectivity index (χ0v) is 13.7. The molecule has 2 rings (SSSR count). The van der Waals surface area contributed by atoms with E-state index in [1.54, 1.807) is 6.07 Å². The first-order valence-corrected chi connectivity index (χ1v) is 8.35. The number of benzene rings is 2. The van der Waals surface area contributed by atoms with Crippen molar-refractivity contribution >= 4 is 38.9 Å². The summed E-state index contributed by atoms with van der Waals surface area (Å²) in [5.41, 5.74) is 4.56. The number of primary amides is 1. The van der Waals surface area contributed by atoms with Gasteiger partial charge in [-0.2, -0.15) is 0 Å².